The van der Waals surface area contributed by atoms with Gasteiger partial charge in [0.1, 0.15) is 11.5 Å². The van der Waals surface area contributed by atoms with Gasteiger partial charge >= 0.3 is 0 Å². The van der Waals surface area contributed by atoms with Gasteiger partial charge in [0.25, 0.3) is 0 Å². The maximum Gasteiger partial charge on any atom is 0.118 e. The van der Waals surface area contributed by atoms with Crippen LogP contribution in [0.25, 0.3) is 0 Å². The van der Waals surface area contributed by atoms with E-state index in [2.05, 4.69) is 31.7 Å². The molecule has 1 aromatic heterocycles. The van der Waals surface area contributed by atoms with Crippen LogP contribution in [0.1, 0.15) is 37.9 Å². The molecule has 0 fully saturated rings. The van der Waals surface area contributed by atoms with Crippen molar-refractivity contribution >= 4 is 0 Å². The van der Waals surface area contributed by atoms with Gasteiger partial charge in [-0.25, -0.2) is 0 Å². The predicted molar refractivity (Wildman–Crippen MR) is 62.6 cm³/mol. The van der Waals surface area contributed by atoms with Gasteiger partial charge < -0.3 is 10.2 Å². The summed E-state index contributed by atoms with van der Waals surface area (Å²) in [6.45, 7) is 11.0. The van der Waals surface area contributed by atoms with Gasteiger partial charge in [-0.1, -0.05) is 6.92 Å². The molecule has 0 aliphatic carbocycles. The van der Waals surface area contributed by atoms with Crippen LogP contribution in [0.15, 0.2) is 10.5 Å². The minimum absolute atomic E-state index is 0.543. The zero-order valence-electron chi connectivity index (χ0n) is 10.2. The van der Waals surface area contributed by atoms with Crippen LogP contribution >= 0.6 is 0 Å². The number of aryl methyl sites for hydroxylation is 1. The predicted octanol–water partition coefficient (Wildman–Crippen LogP) is 2.28. The average molecular weight is 210 g/mol. The molecule has 0 radical (unpaired) electrons. The van der Waals surface area contributed by atoms with Crippen LogP contribution in [0.5, 0.6) is 0 Å². The molecule has 0 aromatic carbocycles. The molecular formula is C12H22N2O. The molecule has 3 nitrogen and oxygen atoms in total. The first kappa shape index (κ1) is 12.3. The van der Waals surface area contributed by atoms with E-state index in [1.165, 1.54) is 0 Å². The molecule has 0 atom stereocenters. The zero-order chi connectivity index (χ0) is 11.4. The Morgan fingerprint density at radius 1 is 1.47 bits per heavy atom. The number of hydrogen-bond acceptors (Lipinski definition) is 3. The Kier molecular flexibility index (Phi) is 4.36. The van der Waals surface area contributed by atoms with Crippen molar-refractivity contribution in [3.63, 3.8) is 0 Å². The average Bonchev–Trinajstić information content (AvgIpc) is 2.54. The first-order valence-corrected chi connectivity index (χ1v) is 5.60. The second-order valence-electron chi connectivity index (χ2n) is 4.16. The van der Waals surface area contributed by atoms with Gasteiger partial charge in [0.15, 0.2) is 0 Å². The largest absolute Gasteiger partial charge is 0.465 e. The third kappa shape index (κ3) is 3.08. The van der Waals surface area contributed by atoms with Gasteiger partial charge in [0.2, 0.25) is 0 Å². The van der Waals surface area contributed by atoms with Gasteiger partial charge in [-0.15, -0.1) is 0 Å². The molecule has 2 N–H and O–H groups in total. The summed E-state index contributed by atoms with van der Waals surface area (Å²) in [7, 11) is 0. The lowest BCUT2D eigenvalue weighted by Gasteiger charge is -2.23. The SMILES string of the molecule is CCN(Cc1cc(CN)c(C)o1)C(C)C. The number of hydrogen-bond donors (Lipinski definition) is 1. The monoisotopic (exact) mass is 210 g/mol. The molecule has 1 aromatic rings. The summed E-state index contributed by atoms with van der Waals surface area (Å²) in [5.41, 5.74) is 6.73. The maximum atomic E-state index is 5.67. The molecule has 0 saturated heterocycles. The van der Waals surface area contributed by atoms with Crippen LogP contribution < -0.4 is 5.73 Å². The van der Waals surface area contributed by atoms with E-state index in [0.717, 1.165) is 30.2 Å². The second kappa shape index (κ2) is 5.33. The highest BCUT2D eigenvalue weighted by atomic mass is 16.3. The topological polar surface area (TPSA) is 42.4 Å². The molecule has 1 heterocycles. The fourth-order valence-electron chi connectivity index (χ4n) is 1.73. The van der Waals surface area contributed by atoms with E-state index in [4.69, 9.17) is 10.2 Å². The molecule has 15 heavy (non-hydrogen) atoms. The van der Waals surface area contributed by atoms with Gasteiger partial charge in [-0.05, 0) is 33.4 Å². The number of furan rings is 1. The zero-order valence-corrected chi connectivity index (χ0v) is 10.2. The summed E-state index contributed by atoms with van der Waals surface area (Å²) < 4.78 is 5.67. The lowest BCUT2D eigenvalue weighted by molar-refractivity contribution is 0.206. The van der Waals surface area contributed by atoms with Crippen molar-refractivity contribution in [3.8, 4) is 0 Å². The van der Waals surface area contributed by atoms with Crippen molar-refractivity contribution < 1.29 is 4.42 Å². The van der Waals surface area contributed by atoms with E-state index >= 15 is 0 Å². The first-order valence-electron chi connectivity index (χ1n) is 5.60. The molecule has 86 valence electrons. The lowest BCUT2D eigenvalue weighted by atomic mass is 10.2. The van der Waals surface area contributed by atoms with Crippen LogP contribution in [-0.2, 0) is 13.1 Å². The van der Waals surface area contributed by atoms with Gasteiger partial charge in [0.05, 0.1) is 6.54 Å². The summed E-state index contributed by atoms with van der Waals surface area (Å²) in [6.07, 6.45) is 0. The van der Waals surface area contributed by atoms with Crippen molar-refractivity contribution in [2.75, 3.05) is 6.54 Å². The summed E-state index contributed by atoms with van der Waals surface area (Å²) in [6, 6.07) is 2.61. The highest BCUT2D eigenvalue weighted by molar-refractivity contribution is 5.20. The Labute approximate surface area is 92.2 Å². The Balaban J connectivity index is 2.71. The molecular weight excluding hydrogens is 188 g/mol. The Morgan fingerprint density at radius 2 is 2.13 bits per heavy atom. The summed E-state index contributed by atoms with van der Waals surface area (Å²) in [4.78, 5) is 2.36. The summed E-state index contributed by atoms with van der Waals surface area (Å²) in [5, 5.41) is 0. The smallest absolute Gasteiger partial charge is 0.118 e. The Hall–Kier alpha value is -0.800. The molecule has 0 bridgehead atoms. The Bertz CT molecular complexity index is 305. The molecule has 0 saturated carbocycles. The van der Waals surface area contributed by atoms with Gasteiger partial charge in [0, 0.05) is 18.2 Å². The molecule has 0 unspecified atom stereocenters. The summed E-state index contributed by atoms with van der Waals surface area (Å²) in [5.74, 6) is 1.97. The van der Waals surface area contributed by atoms with Crippen molar-refractivity contribution in [1.82, 2.24) is 4.90 Å². The third-order valence-electron chi connectivity index (χ3n) is 2.79. The molecule has 0 amide bonds. The van der Waals surface area contributed by atoms with Gasteiger partial charge in [-0.2, -0.15) is 0 Å². The highest BCUT2D eigenvalue weighted by Crippen LogP contribution is 2.16. The quantitative estimate of drug-likeness (QED) is 0.810. The van der Waals surface area contributed by atoms with E-state index in [-0.39, 0.29) is 0 Å². The molecule has 1 rings (SSSR count). The van der Waals surface area contributed by atoms with Crippen LogP contribution in [0.4, 0.5) is 0 Å². The number of nitrogens with two attached hydrogens (primary N) is 1. The van der Waals surface area contributed by atoms with Crippen LogP contribution in [0, 0.1) is 6.92 Å². The van der Waals surface area contributed by atoms with E-state index in [1.807, 2.05) is 6.92 Å². The van der Waals surface area contributed by atoms with E-state index in [1.54, 1.807) is 0 Å². The van der Waals surface area contributed by atoms with Crippen LogP contribution in [-0.4, -0.2) is 17.5 Å². The fourth-order valence-corrected chi connectivity index (χ4v) is 1.73. The minimum atomic E-state index is 0.543. The molecule has 0 aliphatic rings. The van der Waals surface area contributed by atoms with Crippen molar-refractivity contribution in [1.29, 1.82) is 0 Å². The second-order valence-corrected chi connectivity index (χ2v) is 4.16. The number of nitrogens with zero attached hydrogens (tertiary/aromatic N) is 1. The Morgan fingerprint density at radius 3 is 2.53 bits per heavy atom. The van der Waals surface area contributed by atoms with Crippen molar-refractivity contribution in [3.05, 3.63) is 23.2 Å². The van der Waals surface area contributed by atoms with E-state index in [9.17, 15) is 0 Å². The normalized spacial score (nSPS) is 11.7. The summed E-state index contributed by atoms with van der Waals surface area (Å²) >= 11 is 0. The van der Waals surface area contributed by atoms with E-state index < -0.39 is 0 Å². The van der Waals surface area contributed by atoms with Gasteiger partial charge in [-0.3, -0.25) is 4.90 Å². The standard InChI is InChI=1S/C12H22N2O/c1-5-14(9(2)3)8-12-6-11(7-13)10(4)15-12/h6,9H,5,7-8,13H2,1-4H3. The first-order chi connectivity index (χ1) is 7.08. The molecule has 3 heteroatoms. The lowest BCUT2D eigenvalue weighted by Crippen LogP contribution is -2.29. The van der Waals surface area contributed by atoms with E-state index in [0.29, 0.717) is 12.6 Å². The molecule has 0 aliphatic heterocycles. The molecule has 0 spiro atoms. The fraction of sp³-hybridized carbons (Fsp3) is 0.667. The van der Waals surface area contributed by atoms with Crippen molar-refractivity contribution in [2.45, 2.75) is 46.8 Å². The third-order valence-corrected chi connectivity index (χ3v) is 2.79. The minimum Gasteiger partial charge on any atom is -0.465 e. The number of rotatable bonds is 5. The maximum absolute atomic E-state index is 5.67. The van der Waals surface area contributed by atoms with Crippen LogP contribution in [0.2, 0.25) is 0 Å². The highest BCUT2D eigenvalue weighted by Gasteiger charge is 2.12. The van der Waals surface area contributed by atoms with Crippen molar-refractivity contribution in [2.24, 2.45) is 5.73 Å². The van der Waals surface area contributed by atoms with Crippen LogP contribution in [0.3, 0.4) is 0 Å².